The van der Waals surface area contributed by atoms with Crippen molar-refractivity contribution in [2.45, 2.75) is 33.1 Å². The molecule has 1 unspecified atom stereocenters. The number of ether oxygens (including phenoxy) is 1. The molecule has 1 fully saturated rings. The Morgan fingerprint density at radius 1 is 1.43 bits per heavy atom. The van der Waals surface area contributed by atoms with Crippen LogP contribution in [0.2, 0.25) is 0 Å². The van der Waals surface area contributed by atoms with Crippen molar-refractivity contribution in [1.29, 1.82) is 0 Å². The lowest BCUT2D eigenvalue weighted by Crippen LogP contribution is -2.35. The zero-order valence-corrected chi connectivity index (χ0v) is 14.5. The van der Waals surface area contributed by atoms with E-state index in [2.05, 4.69) is 6.92 Å². The van der Waals surface area contributed by atoms with E-state index in [0.29, 0.717) is 12.3 Å². The van der Waals surface area contributed by atoms with Gasteiger partial charge in [-0.3, -0.25) is 9.59 Å². The molecule has 1 atom stereocenters. The van der Waals surface area contributed by atoms with E-state index in [1.165, 1.54) is 0 Å². The number of methoxy groups -OCH3 is 1. The third kappa shape index (κ3) is 3.84. The van der Waals surface area contributed by atoms with Crippen molar-refractivity contribution in [3.63, 3.8) is 0 Å². The molecule has 1 heterocycles. The van der Waals surface area contributed by atoms with Gasteiger partial charge in [-0.15, -0.1) is 0 Å². The number of rotatable bonds is 6. The Kier molecular flexibility index (Phi) is 5.64. The van der Waals surface area contributed by atoms with Gasteiger partial charge in [0.25, 0.3) is 0 Å². The lowest BCUT2D eigenvalue weighted by atomic mass is 10.1. The predicted molar refractivity (Wildman–Crippen MR) is 90.7 cm³/mol. The van der Waals surface area contributed by atoms with Crippen LogP contribution in [0, 0.1) is 12.8 Å². The van der Waals surface area contributed by atoms with Crippen molar-refractivity contribution in [3.8, 4) is 5.75 Å². The normalized spacial score (nSPS) is 17.5. The summed E-state index contributed by atoms with van der Waals surface area (Å²) in [7, 11) is 3.41. The first-order chi connectivity index (χ1) is 11.0. The molecule has 1 aromatic carbocycles. The first-order valence-electron chi connectivity index (χ1n) is 8.17. The summed E-state index contributed by atoms with van der Waals surface area (Å²) < 4.78 is 5.37. The number of hydrogen-bond acceptors (Lipinski definition) is 3. The molecule has 1 aromatic rings. The van der Waals surface area contributed by atoms with Crippen molar-refractivity contribution >= 4 is 17.5 Å². The second kappa shape index (κ2) is 7.49. The molecule has 1 aliphatic heterocycles. The van der Waals surface area contributed by atoms with Gasteiger partial charge in [0.2, 0.25) is 11.8 Å². The molecule has 0 saturated carbocycles. The number of benzene rings is 1. The highest BCUT2D eigenvalue weighted by Gasteiger charge is 2.37. The summed E-state index contributed by atoms with van der Waals surface area (Å²) in [6.45, 7) is 5.25. The Balaban J connectivity index is 2.14. The van der Waals surface area contributed by atoms with E-state index >= 15 is 0 Å². The average Bonchev–Trinajstić information content (AvgIpc) is 2.93. The van der Waals surface area contributed by atoms with E-state index in [4.69, 9.17) is 4.74 Å². The third-order valence-electron chi connectivity index (χ3n) is 4.32. The molecule has 1 saturated heterocycles. The van der Waals surface area contributed by atoms with Crippen molar-refractivity contribution in [2.24, 2.45) is 5.92 Å². The molecule has 23 heavy (non-hydrogen) atoms. The number of carbonyl (C=O) groups is 2. The van der Waals surface area contributed by atoms with E-state index in [-0.39, 0.29) is 24.2 Å². The minimum Gasteiger partial charge on any atom is -0.495 e. The van der Waals surface area contributed by atoms with Gasteiger partial charge in [0.1, 0.15) is 5.75 Å². The summed E-state index contributed by atoms with van der Waals surface area (Å²) in [5.41, 5.74) is 1.81. The number of unbranched alkanes of at least 4 members (excludes halogenated alkanes) is 1. The lowest BCUT2D eigenvalue weighted by Gasteiger charge is -2.22. The van der Waals surface area contributed by atoms with Crippen LogP contribution in [0.5, 0.6) is 5.75 Å². The highest BCUT2D eigenvalue weighted by atomic mass is 16.5. The zero-order valence-electron chi connectivity index (χ0n) is 14.5. The highest BCUT2D eigenvalue weighted by Crippen LogP contribution is 2.34. The van der Waals surface area contributed by atoms with Crippen molar-refractivity contribution in [1.82, 2.24) is 4.90 Å². The summed E-state index contributed by atoms with van der Waals surface area (Å²) in [4.78, 5) is 28.3. The van der Waals surface area contributed by atoms with Crippen LogP contribution in [0.25, 0.3) is 0 Å². The Hall–Kier alpha value is -2.04. The van der Waals surface area contributed by atoms with Crippen LogP contribution in [-0.2, 0) is 9.59 Å². The van der Waals surface area contributed by atoms with E-state index < -0.39 is 0 Å². The zero-order chi connectivity index (χ0) is 17.0. The van der Waals surface area contributed by atoms with Crippen LogP contribution in [0.3, 0.4) is 0 Å². The van der Waals surface area contributed by atoms with Gasteiger partial charge in [-0.1, -0.05) is 19.4 Å². The van der Waals surface area contributed by atoms with Gasteiger partial charge in [0, 0.05) is 26.6 Å². The van der Waals surface area contributed by atoms with Crippen LogP contribution >= 0.6 is 0 Å². The molecule has 0 aromatic heterocycles. The van der Waals surface area contributed by atoms with Gasteiger partial charge in [-0.25, -0.2) is 0 Å². The Morgan fingerprint density at radius 2 is 2.17 bits per heavy atom. The summed E-state index contributed by atoms with van der Waals surface area (Å²) in [6, 6.07) is 5.74. The molecule has 1 aliphatic rings. The summed E-state index contributed by atoms with van der Waals surface area (Å²) in [6.07, 6.45) is 2.30. The maximum Gasteiger partial charge on any atom is 0.227 e. The van der Waals surface area contributed by atoms with Gasteiger partial charge in [0.15, 0.2) is 0 Å². The molecular formula is C18H26N2O3. The molecule has 0 aliphatic carbocycles. The molecule has 5 heteroatoms. The fourth-order valence-corrected chi connectivity index (χ4v) is 2.93. The Labute approximate surface area is 138 Å². The first-order valence-corrected chi connectivity index (χ1v) is 8.17. The average molecular weight is 318 g/mol. The molecule has 2 amide bonds. The standard InChI is InChI=1S/C18H26N2O3/c1-5-6-9-19(3)18(22)14-11-17(21)20(12-14)15-10-13(2)7-8-16(15)23-4/h7-8,10,14H,5-6,9,11-12H2,1-4H3. The topological polar surface area (TPSA) is 49.9 Å². The van der Waals surface area contributed by atoms with Gasteiger partial charge < -0.3 is 14.5 Å². The first kappa shape index (κ1) is 17.3. The third-order valence-corrected chi connectivity index (χ3v) is 4.32. The van der Waals surface area contributed by atoms with Crippen molar-refractivity contribution in [3.05, 3.63) is 23.8 Å². The second-order valence-corrected chi connectivity index (χ2v) is 6.19. The quantitative estimate of drug-likeness (QED) is 0.810. The summed E-state index contributed by atoms with van der Waals surface area (Å²) in [5, 5.41) is 0. The molecule has 0 spiro atoms. The van der Waals surface area contributed by atoms with Crippen molar-refractivity contribution < 1.29 is 14.3 Å². The molecule has 126 valence electrons. The smallest absolute Gasteiger partial charge is 0.227 e. The fourth-order valence-electron chi connectivity index (χ4n) is 2.93. The van der Waals surface area contributed by atoms with Gasteiger partial charge in [-0.2, -0.15) is 0 Å². The molecular weight excluding hydrogens is 292 g/mol. The van der Waals surface area contributed by atoms with Gasteiger partial charge >= 0.3 is 0 Å². The minimum atomic E-state index is -0.269. The van der Waals surface area contributed by atoms with E-state index in [0.717, 1.165) is 30.6 Å². The Morgan fingerprint density at radius 3 is 2.83 bits per heavy atom. The van der Waals surface area contributed by atoms with E-state index in [1.54, 1.807) is 16.9 Å². The monoisotopic (exact) mass is 318 g/mol. The molecule has 5 nitrogen and oxygen atoms in total. The number of hydrogen-bond donors (Lipinski definition) is 0. The van der Waals surface area contributed by atoms with Crippen LogP contribution in [0.1, 0.15) is 31.7 Å². The van der Waals surface area contributed by atoms with E-state index in [9.17, 15) is 9.59 Å². The minimum absolute atomic E-state index is 0.0175. The van der Waals surface area contributed by atoms with Gasteiger partial charge in [0.05, 0.1) is 18.7 Å². The molecule has 0 bridgehead atoms. The fraction of sp³-hybridized carbons (Fsp3) is 0.556. The summed E-state index contributed by atoms with van der Waals surface area (Å²) in [5.74, 6) is 0.433. The lowest BCUT2D eigenvalue weighted by molar-refractivity contribution is -0.134. The van der Waals surface area contributed by atoms with Crippen LogP contribution < -0.4 is 9.64 Å². The largest absolute Gasteiger partial charge is 0.495 e. The Bertz CT molecular complexity index is 586. The maximum atomic E-state index is 12.5. The number of anilines is 1. The number of carbonyl (C=O) groups excluding carboxylic acids is 2. The van der Waals surface area contributed by atoms with Crippen LogP contribution in [-0.4, -0.2) is 44.0 Å². The maximum absolute atomic E-state index is 12.5. The van der Waals surface area contributed by atoms with Crippen LogP contribution in [0.15, 0.2) is 18.2 Å². The molecule has 0 radical (unpaired) electrons. The SMILES string of the molecule is CCCCN(C)C(=O)C1CC(=O)N(c2cc(C)ccc2OC)C1. The highest BCUT2D eigenvalue weighted by molar-refractivity contribution is 6.01. The number of amides is 2. The van der Waals surface area contributed by atoms with Crippen LogP contribution in [0.4, 0.5) is 5.69 Å². The van der Waals surface area contributed by atoms with Crippen molar-refractivity contribution in [2.75, 3.05) is 32.1 Å². The van der Waals surface area contributed by atoms with E-state index in [1.807, 2.05) is 32.2 Å². The number of nitrogens with zero attached hydrogens (tertiary/aromatic N) is 2. The van der Waals surface area contributed by atoms with Gasteiger partial charge in [-0.05, 0) is 31.0 Å². The number of aryl methyl sites for hydroxylation is 1. The summed E-state index contributed by atoms with van der Waals surface area (Å²) >= 11 is 0. The molecule has 0 N–H and O–H groups in total. The molecule has 2 rings (SSSR count). The second-order valence-electron chi connectivity index (χ2n) is 6.19. The predicted octanol–water partition coefficient (Wildman–Crippen LogP) is 2.62.